The third-order valence-corrected chi connectivity index (χ3v) is 4.09. The van der Waals surface area contributed by atoms with Crippen molar-refractivity contribution in [3.05, 3.63) is 17.7 Å². The van der Waals surface area contributed by atoms with Crippen LogP contribution < -0.4 is 10.9 Å². The number of nitrogens with zero attached hydrogens (tertiary/aromatic N) is 1. The summed E-state index contributed by atoms with van der Waals surface area (Å²) in [6.45, 7) is 0. The summed E-state index contributed by atoms with van der Waals surface area (Å²) < 4.78 is 45.3. The molecule has 0 aromatic heterocycles. The van der Waals surface area contributed by atoms with Crippen molar-refractivity contribution in [3.8, 4) is 6.07 Å². The lowest BCUT2D eigenvalue weighted by Gasteiger charge is -2.08. The van der Waals surface area contributed by atoms with Crippen molar-refractivity contribution < 1.29 is 16.8 Å². The van der Waals surface area contributed by atoms with E-state index >= 15 is 0 Å². The predicted octanol–water partition coefficient (Wildman–Crippen LogP) is -0.809. The van der Waals surface area contributed by atoms with Crippen molar-refractivity contribution in [3.63, 3.8) is 0 Å². The number of sulfone groups is 1. The number of sulfonamides is 1. The summed E-state index contributed by atoms with van der Waals surface area (Å²) in [5.74, 6) is 0. The Balaban J connectivity index is 3.94. The topological polar surface area (TPSA) is 144 Å². The normalized spacial score (nSPS) is 12.1. The molecule has 9 heteroatoms. The van der Waals surface area contributed by atoms with Gasteiger partial charge < -0.3 is 5.73 Å². The number of primary sulfonamides is 1. The van der Waals surface area contributed by atoms with Crippen molar-refractivity contribution >= 4 is 25.5 Å². The average molecular weight is 275 g/mol. The molecule has 0 fully saturated rings. The highest BCUT2D eigenvalue weighted by Gasteiger charge is 2.24. The lowest BCUT2D eigenvalue weighted by molar-refractivity contribution is 0.597. The smallest absolute Gasteiger partial charge is 0.241 e. The van der Waals surface area contributed by atoms with Gasteiger partial charge in [0.15, 0.2) is 9.84 Å². The number of nitrogen functional groups attached to an aromatic ring is 1. The second-order valence-corrected chi connectivity index (χ2v) is 6.77. The van der Waals surface area contributed by atoms with Gasteiger partial charge in [-0.3, -0.25) is 0 Å². The molecule has 7 nitrogen and oxygen atoms in total. The van der Waals surface area contributed by atoms with Gasteiger partial charge in [-0.1, -0.05) is 0 Å². The summed E-state index contributed by atoms with van der Waals surface area (Å²) in [7, 11) is -8.01. The molecular formula is C8H9N3O4S2. The van der Waals surface area contributed by atoms with E-state index in [1.807, 2.05) is 0 Å². The van der Waals surface area contributed by atoms with E-state index in [1.165, 1.54) is 6.07 Å². The van der Waals surface area contributed by atoms with Gasteiger partial charge in [-0.2, -0.15) is 5.26 Å². The summed E-state index contributed by atoms with van der Waals surface area (Å²) >= 11 is 0. The number of nitrogens with two attached hydrogens (primary N) is 2. The van der Waals surface area contributed by atoms with Crippen LogP contribution in [-0.4, -0.2) is 23.1 Å². The molecule has 0 bridgehead atoms. The Labute approximate surface area is 98.6 Å². The molecule has 17 heavy (non-hydrogen) atoms. The highest BCUT2D eigenvalue weighted by Crippen LogP contribution is 2.27. The van der Waals surface area contributed by atoms with Crippen molar-refractivity contribution in [1.82, 2.24) is 0 Å². The Morgan fingerprint density at radius 1 is 1.24 bits per heavy atom. The van der Waals surface area contributed by atoms with Crippen LogP contribution in [-0.2, 0) is 19.9 Å². The first kappa shape index (κ1) is 13.4. The van der Waals surface area contributed by atoms with E-state index in [2.05, 4.69) is 0 Å². The van der Waals surface area contributed by atoms with E-state index in [0.717, 1.165) is 18.4 Å². The number of anilines is 1. The van der Waals surface area contributed by atoms with E-state index in [1.54, 1.807) is 0 Å². The lowest BCUT2D eigenvalue weighted by Crippen LogP contribution is -2.18. The molecule has 92 valence electrons. The van der Waals surface area contributed by atoms with E-state index in [0.29, 0.717) is 0 Å². The molecule has 0 radical (unpaired) electrons. The molecular weight excluding hydrogens is 266 g/mol. The summed E-state index contributed by atoms with van der Waals surface area (Å²) in [5.41, 5.74) is 4.56. The maximum absolute atomic E-state index is 11.4. The maximum atomic E-state index is 11.4. The van der Waals surface area contributed by atoms with Gasteiger partial charge in [-0.05, 0) is 12.1 Å². The molecule has 0 unspecified atom stereocenters. The van der Waals surface area contributed by atoms with Crippen LogP contribution in [0, 0.1) is 11.3 Å². The second-order valence-electron chi connectivity index (χ2n) is 3.29. The molecule has 0 saturated carbocycles. The number of hydrogen-bond donors (Lipinski definition) is 2. The highest BCUT2D eigenvalue weighted by molar-refractivity contribution is 7.91. The Hall–Kier alpha value is -1.63. The molecule has 0 heterocycles. The van der Waals surface area contributed by atoms with E-state index in [9.17, 15) is 16.8 Å². The third kappa shape index (κ3) is 2.55. The minimum Gasteiger partial charge on any atom is -0.398 e. The fourth-order valence-corrected chi connectivity index (χ4v) is 3.04. The number of benzene rings is 1. The standard InChI is InChI=1S/C8H9N3O4S2/c1-16(12,13)7-3-2-6(10)8(5(7)4-9)17(11,14)15/h2-3H,10H2,1H3,(H2,11,14,15). The largest absolute Gasteiger partial charge is 0.398 e. The fraction of sp³-hybridized carbons (Fsp3) is 0.125. The first-order valence-electron chi connectivity index (χ1n) is 4.14. The van der Waals surface area contributed by atoms with Gasteiger partial charge in [0.25, 0.3) is 0 Å². The zero-order valence-electron chi connectivity index (χ0n) is 8.71. The summed E-state index contributed by atoms with van der Waals surface area (Å²) in [6, 6.07) is 3.65. The Morgan fingerprint density at radius 2 is 1.76 bits per heavy atom. The number of hydrogen-bond acceptors (Lipinski definition) is 6. The molecule has 0 spiro atoms. The maximum Gasteiger partial charge on any atom is 0.241 e. The SMILES string of the molecule is CS(=O)(=O)c1ccc(N)c(S(N)(=O)=O)c1C#N. The third-order valence-electron chi connectivity index (χ3n) is 1.95. The Morgan fingerprint density at radius 3 is 2.12 bits per heavy atom. The fourth-order valence-electron chi connectivity index (χ4n) is 1.30. The van der Waals surface area contributed by atoms with Crippen LogP contribution in [0.4, 0.5) is 5.69 Å². The zero-order chi connectivity index (χ0) is 13.4. The predicted molar refractivity (Wildman–Crippen MR) is 60.1 cm³/mol. The highest BCUT2D eigenvalue weighted by atomic mass is 32.2. The van der Waals surface area contributed by atoms with Crippen LogP contribution in [0.1, 0.15) is 5.56 Å². The van der Waals surface area contributed by atoms with Gasteiger partial charge in [0.1, 0.15) is 11.0 Å². The van der Waals surface area contributed by atoms with Crippen LogP contribution in [0.3, 0.4) is 0 Å². The van der Waals surface area contributed by atoms with Crippen molar-refractivity contribution in [2.45, 2.75) is 9.79 Å². The molecule has 0 saturated heterocycles. The molecule has 0 aliphatic rings. The average Bonchev–Trinajstić information content (AvgIpc) is 2.12. The summed E-state index contributed by atoms with van der Waals surface area (Å²) in [4.78, 5) is -1.08. The molecule has 1 aromatic carbocycles. The van der Waals surface area contributed by atoms with E-state index < -0.39 is 35.2 Å². The van der Waals surface area contributed by atoms with Crippen LogP contribution >= 0.6 is 0 Å². The molecule has 0 aliphatic heterocycles. The lowest BCUT2D eigenvalue weighted by atomic mass is 10.2. The van der Waals surface area contributed by atoms with Gasteiger partial charge in [-0.25, -0.2) is 22.0 Å². The van der Waals surface area contributed by atoms with Gasteiger partial charge >= 0.3 is 0 Å². The second kappa shape index (κ2) is 3.99. The summed E-state index contributed by atoms with van der Waals surface area (Å²) in [6.07, 6.45) is 0.853. The summed E-state index contributed by atoms with van der Waals surface area (Å²) in [5, 5.41) is 13.8. The molecule has 1 aromatic rings. The van der Waals surface area contributed by atoms with Crippen LogP contribution in [0.2, 0.25) is 0 Å². The van der Waals surface area contributed by atoms with Gasteiger partial charge in [0.2, 0.25) is 10.0 Å². The molecule has 4 N–H and O–H groups in total. The van der Waals surface area contributed by atoms with Crippen LogP contribution in [0.25, 0.3) is 0 Å². The molecule has 0 aliphatic carbocycles. The molecule has 0 atom stereocenters. The van der Waals surface area contributed by atoms with Crippen molar-refractivity contribution in [2.75, 3.05) is 12.0 Å². The van der Waals surface area contributed by atoms with Crippen molar-refractivity contribution in [2.24, 2.45) is 5.14 Å². The van der Waals surface area contributed by atoms with Crippen LogP contribution in [0.5, 0.6) is 0 Å². The minimum atomic E-state index is -4.27. The van der Waals surface area contributed by atoms with Gasteiger partial charge in [0, 0.05) is 6.26 Å². The Bertz CT molecular complexity index is 714. The Kier molecular flexibility index (Phi) is 3.15. The minimum absolute atomic E-state index is 0.267. The first-order chi connectivity index (χ1) is 7.59. The van der Waals surface area contributed by atoms with Gasteiger partial charge in [0.05, 0.1) is 16.1 Å². The van der Waals surface area contributed by atoms with E-state index in [-0.39, 0.29) is 5.69 Å². The van der Waals surface area contributed by atoms with Crippen LogP contribution in [0.15, 0.2) is 21.9 Å². The molecule has 1 rings (SSSR count). The quantitative estimate of drug-likeness (QED) is 0.675. The first-order valence-corrected chi connectivity index (χ1v) is 7.58. The van der Waals surface area contributed by atoms with Crippen molar-refractivity contribution in [1.29, 1.82) is 5.26 Å². The zero-order valence-corrected chi connectivity index (χ0v) is 10.3. The van der Waals surface area contributed by atoms with E-state index in [4.69, 9.17) is 16.1 Å². The molecule has 0 amide bonds. The number of rotatable bonds is 2. The van der Waals surface area contributed by atoms with Gasteiger partial charge in [-0.15, -0.1) is 0 Å². The number of nitriles is 1. The monoisotopic (exact) mass is 275 g/mol.